The van der Waals surface area contributed by atoms with E-state index in [1.54, 1.807) is 14.0 Å². The summed E-state index contributed by atoms with van der Waals surface area (Å²) in [5, 5.41) is 10.4. The van der Waals surface area contributed by atoms with Crippen LogP contribution in [0.3, 0.4) is 0 Å². The van der Waals surface area contributed by atoms with Crippen molar-refractivity contribution in [3.05, 3.63) is 17.0 Å². The summed E-state index contributed by atoms with van der Waals surface area (Å²) in [6, 6.07) is 0. The number of rotatable bonds is 2. The highest BCUT2D eigenvalue weighted by atomic mass is 35.5. The number of nitrogens with one attached hydrogen (secondary N) is 2. The zero-order valence-electron chi connectivity index (χ0n) is 8.85. The summed E-state index contributed by atoms with van der Waals surface area (Å²) >= 11 is 5.57. The van der Waals surface area contributed by atoms with E-state index in [2.05, 4.69) is 15.3 Å². The lowest BCUT2D eigenvalue weighted by molar-refractivity contribution is 1.15. The highest BCUT2D eigenvalue weighted by Crippen LogP contribution is 2.13. The first-order valence-electron chi connectivity index (χ1n) is 4.41. The van der Waals surface area contributed by atoms with Gasteiger partial charge < -0.3 is 10.7 Å². The van der Waals surface area contributed by atoms with Crippen molar-refractivity contribution in [3.8, 4) is 0 Å². The predicted molar refractivity (Wildman–Crippen MR) is 60.4 cm³/mol. The molecule has 0 aliphatic carbocycles. The second-order valence-corrected chi connectivity index (χ2v) is 2.61. The number of halogens is 1. The van der Waals surface area contributed by atoms with Gasteiger partial charge in [0.15, 0.2) is 0 Å². The van der Waals surface area contributed by atoms with Gasteiger partial charge in [-0.3, -0.25) is 0 Å². The zero-order valence-corrected chi connectivity index (χ0v) is 9.61. The van der Waals surface area contributed by atoms with E-state index in [0.717, 1.165) is 0 Å². The molecule has 0 atom stereocenters. The third-order valence-corrected chi connectivity index (χ3v) is 1.58. The quantitative estimate of drug-likeness (QED) is 0.588. The molecule has 0 aromatic carbocycles. The highest BCUT2D eigenvalue weighted by molar-refractivity contribution is 6.28. The van der Waals surface area contributed by atoms with Gasteiger partial charge in [-0.1, -0.05) is 13.8 Å². The maximum absolute atomic E-state index is 7.39. The second kappa shape index (κ2) is 6.32. The maximum atomic E-state index is 7.39. The Labute approximate surface area is 89.2 Å². The van der Waals surface area contributed by atoms with Gasteiger partial charge in [0.05, 0.1) is 5.56 Å². The first-order valence-corrected chi connectivity index (χ1v) is 4.78. The van der Waals surface area contributed by atoms with Gasteiger partial charge >= 0.3 is 0 Å². The molecule has 0 amide bonds. The molecule has 78 valence electrons. The van der Waals surface area contributed by atoms with Gasteiger partial charge in [-0.25, -0.2) is 9.97 Å². The van der Waals surface area contributed by atoms with E-state index in [-0.39, 0.29) is 5.28 Å². The molecule has 0 aliphatic heterocycles. The summed E-state index contributed by atoms with van der Waals surface area (Å²) in [4.78, 5) is 7.70. The molecular weight excluding hydrogens is 200 g/mol. The minimum absolute atomic E-state index is 0.185. The van der Waals surface area contributed by atoms with Crippen LogP contribution < -0.4 is 5.32 Å². The standard InChI is InChI=1S/C7H9ClN4.C2H6/c1-4(9)5-3-11-7(8)12-6(5)10-2;1-2/h3,9H,1-2H3,(H,10,11,12);1-2H3. The number of hydrogen-bond acceptors (Lipinski definition) is 4. The molecular formula is C9H15ClN4. The first-order chi connectivity index (χ1) is 6.65. The van der Waals surface area contributed by atoms with Crippen molar-refractivity contribution < 1.29 is 0 Å². The van der Waals surface area contributed by atoms with Crippen LogP contribution in [0.15, 0.2) is 6.20 Å². The monoisotopic (exact) mass is 214 g/mol. The fraction of sp³-hybridized carbons (Fsp3) is 0.444. The molecule has 0 spiro atoms. The largest absolute Gasteiger partial charge is 0.372 e. The van der Waals surface area contributed by atoms with Gasteiger partial charge in [-0.05, 0) is 18.5 Å². The smallest absolute Gasteiger partial charge is 0.224 e. The third-order valence-electron chi connectivity index (χ3n) is 1.40. The molecule has 0 radical (unpaired) electrons. The van der Waals surface area contributed by atoms with Crippen molar-refractivity contribution in [2.75, 3.05) is 12.4 Å². The first kappa shape index (κ1) is 12.8. The van der Waals surface area contributed by atoms with Crippen LogP contribution in [0.25, 0.3) is 0 Å². The van der Waals surface area contributed by atoms with Crippen LogP contribution in [0.4, 0.5) is 5.82 Å². The van der Waals surface area contributed by atoms with Crippen molar-refractivity contribution in [3.63, 3.8) is 0 Å². The van der Waals surface area contributed by atoms with Crippen LogP contribution in [-0.2, 0) is 0 Å². The lowest BCUT2D eigenvalue weighted by Crippen LogP contribution is -2.03. The molecule has 2 N–H and O–H groups in total. The predicted octanol–water partition coefficient (Wildman–Crippen LogP) is 2.59. The van der Waals surface area contributed by atoms with Gasteiger partial charge in [0.25, 0.3) is 0 Å². The molecule has 0 aliphatic rings. The zero-order chi connectivity index (χ0) is 11.1. The average Bonchev–Trinajstić information content (AvgIpc) is 2.20. The van der Waals surface area contributed by atoms with Crippen LogP contribution in [0.5, 0.6) is 0 Å². The number of nitrogens with zero attached hydrogens (tertiary/aromatic N) is 2. The van der Waals surface area contributed by atoms with Crippen molar-refractivity contribution >= 4 is 23.1 Å². The molecule has 1 aromatic heterocycles. The number of hydrogen-bond donors (Lipinski definition) is 2. The average molecular weight is 215 g/mol. The second-order valence-electron chi connectivity index (χ2n) is 2.28. The van der Waals surface area contributed by atoms with Gasteiger partial charge in [-0.2, -0.15) is 0 Å². The number of aromatic nitrogens is 2. The van der Waals surface area contributed by atoms with Crippen LogP contribution in [-0.4, -0.2) is 22.7 Å². The van der Waals surface area contributed by atoms with Gasteiger partial charge in [-0.15, -0.1) is 0 Å². The van der Waals surface area contributed by atoms with E-state index in [1.165, 1.54) is 6.20 Å². The summed E-state index contributed by atoms with van der Waals surface area (Å²) in [6.07, 6.45) is 1.53. The fourth-order valence-electron chi connectivity index (χ4n) is 0.825. The summed E-state index contributed by atoms with van der Waals surface area (Å²) in [6.45, 7) is 5.67. The Balaban J connectivity index is 0.000000791. The Morgan fingerprint density at radius 2 is 2.07 bits per heavy atom. The molecule has 14 heavy (non-hydrogen) atoms. The van der Waals surface area contributed by atoms with Crippen molar-refractivity contribution in [2.45, 2.75) is 20.8 Å². The topological polar surface area (TPSA) is 61.7 Å². The Morgan fingerprint density at radius 3 is 2.50 bits per heavy atom. The molecule has 1 heterocycles. The Hall–Kier alpha value is -1.16. The molecule has 1 aromatic rings. The van der Waals surface area contributed by atoms with Gasteiger partial charge in [0.2, 0.25) is 5.28 Å². The minimum Gasteiger partial charge on any atom is -0.372 e. The Morgan fingerprint density at radius 1 is 1.50 bits per heavy atom. The summed E-state index contributed by atoms with van der Waals surface area (Å²) < 4.78 is 0. The lowest BCUT2D eigenvalue weighted by atomic mass is 10.2. The summed E-state index contributed by atoms with van der Waals surface area (Å²) in [5.41, 5.74) is 1.08. The Bertz CT molecular complexity index is 312. The molecule has 5 heteroatoms. The van der Waals surface area contributed by atoms with Crippen LogP contribution in [0.2, 0.25) is 5.28 Å². The molecule has 0 bridgehead atoms. The van der Waals surface area contributed by atoms with E-state index in [0.29, 0.717) is 17.1 Å². The SMILES string of the molecule is CC.CNc1nc(Cl)ncc1C(C)=N. The van der Waals surface area contributed by atoms with E-state index >= 15 is 0 Å². The van der Waals surface area contributed by atoms with E-state index in [1.807, 2.05) is 13.8 Å². The van der Waals surface area contributed by atoms with Crippen molar-refractivity contribution in [1.82, 2.24) is 9.97 Å². The third kappa shape index (κ3) is 3.30. The van der Waals surface area contributed by atoms with Crippen LogP contribution in [0.1, 0.15) is 26.3 Å². The van der Waals surface area contributed by atoms with E-state index in [4.69, 9.17) is 17.0 Å². The minimum atomic E-state index is 0.185. The van der Waals surface area contributed by atoms with Crippen LogP contribution in [0, 0.1) is 5.41 Å². The maximum Gasteiger partial charge on any atom is 0.224 e. The fourth-order valence-corrected chi connectivity index (χ4v) is 0.959. The molecule has 0 saturated heterocycles. The summed E-state index contributed by atoms with van der Waals surface area (Å²) in [5.74, 6) is 0.586. The van der Waals surface area contributed by atoms with Crippen molar-refractivity contribution in [1.29, 1.82) is 5.41 Å². The van der Waals surface area contributed by atoms with Gasteiger partial charge in [0, 0.05) is 19.0 Å². The molecule has 0 fully saturated rings. The molecule has 1 rings (SSSR count). The highest BCUT2D eigenvalue weighted by Gasteiger charge is 2.05. The van der Waals surface area contributed by atoms with Crippen molar-refractivity contribution in [2.24, 2.45) is 0 Å². The molecule has 0 unspecified atom stereocenters. The van der Waals surface area contributed by atoms with E-state index in [9.17, 15) is 0 Å². The summed E-state index contributed by atoms with van der Waals surface area (Å²) in [7, 11) is 1.73. The lowest BCUT2D eigenvalue weighted by Gasteiger charge is -2.04. The Kier molecular flexibility index (Phi) is 5.79. The van der Waals surface area contributed by atoms with E-state index < -0.39 is 0 Å². The number of anilines is 1. The molecule has 0 saturated carbocycles. The normalized spacial score (nSPS) is 8.64. The van der Waals surface area contributed by atoms with Gasteiger partial charge in [0.1, 0.15) is 5.82 Å². The molecule has 4 nitrogen and oxygen atoms in total. The van der Waals surface area contributed by atoms with Crippen LogP contribution >= 0.6 is 11.6 Å².